The molecular formula is C15H12FIO3S. The number of ether oxygens (including phenoxy) is 1. The second-order valence-corrected chi connectivity index (χ2v) is 6.43. The molecule has 3 nitrogen and oxygen atoms in total. The summed E-state index contributed by atoms with van der Waals surface area (Å²) in [6.45, 7) is 0.446. The van der Waals surface area contributed by atoms with E-state index >= 15 is 0 Å². The molecule has 0 aliphatic carbocycles. The van der Waals surface area contributed by atoms with E-state index < -0.39 is 5.97 Å². The van der Waals surface area contributed by atoms with Crippen LogP contribution in [-0.4, -0.2) is 23.4 Å². The summed E-state index contributed by atoms with van der Waals surface area (Å²) in [5.74, 6) is 0.0294. The zero-order valence-electron chi connectivity index (χ0n) is 10.9. The van der Waals surface area contributed by atoms with Crippen LogP contribution in [0, 0.1) is 9.39 Å². The fourth-order valence-electron chi connectivity index (χ4n) is 1.59. The van der Waals surface area contributed by atoms with Crippen LogP contribution in [0.4, 0.5) is 4.39 Å². The highest BCUT2D eigenvalue weighted by molar-refractivity contribution is 14.1. The maximum atomic E-state index is 12.8. The van der Waals surface area contributed by atoms with Gasteiger partial charge >= 0.3 is 5.97 Å². The first-order valence-electron chi connectivity index (χ1n) is 6.10. The largest absolute Gasteiger partial charge is 0.492 e. The number of rotatable bonds is 6. The van der Waals surface area contributed by atoms with Crippen LogP contribution in [0.15, 0.2) is 47.4 Å². The highest BCUT2D eigenvalue weighted by Crippen LogP contribution is 2.23. The molecule has 0 bridgehead atoms. The first-order valence-corrected chi connectivity index (χ1v) is 8.17. The summed E-state index contributed by atoms with van der Waals surface area (Å²) in [5, 5.41) is 8.95. The summed E-state index contributed by atoms with van der Waals surface area (Å²) in [5.41, 5.74) is 0.205. The van der Waals surface area contributed by atoms with Gasteiger partial charge in [-0.3, -0.25) is 0 Å². The van der Waals surface area contributed by atoms with E-state index in [-0.39, 0.29) is 11.4 Å². The lowest BCUT2D eigenvalue weighted by atomic mass is 10.2. The molecule has 0 aromatic heterocycles. The van der Waals surface area contributed by atoms with Crippen molar-refractivity contribution in [1.82, 2.24) is 0 Å². The zero-order chi connectivity index (χ0) is 15.2. The van der Waals surface area contributed by atoms with Gasteiger partial charge in [0.25, 0.3) is 0 Å². The van der Waals surface area contributed by atoms with Crippen molar-refractivity contribution in [3.63, 3.8) is 0 Å². The molecule has 21 heavy (non-hydrogen) atoms. The number of carboxylic acid groups (broad SMARTS) is 1. The minimum atomic E-state index is -0.975. The molecule has 0 unspecified atom stereocenters. The Morgan fingerprint density at radius 2 is 1.95 bits per heavy atom. The number of benzene rings is 2. The third-order valence-electron chi connectivity index (χ3n) is 2.60. The van der Waals surface area contributed by atoms with Gasteiger partial charge in [-0.15, -0.1) is 11.8 Å². The van der Waals surface area contributed by atoms with Gasteiger partial charge in [0.15, 0.2) is 0 Å². The van der Waals surface area contributed by atoms with Gasteiger partial charge in [-0.2, -0.15) is 0 Å². The van der Waals surface area contributed by atoms with Gasteiger partial charge in [0.05, 0.1) is 15.7 Å². The fourth-order valence-corrected chi connectivity index (χ4v) is 2.81. The Morgan fingerprint density at radius 1 is 1.24 bits per heavy atom. The third-order valence-corrected chi connectivity index (χ3v) is 4.47. The van der Waals surface area contributed by atoms with Gasteiger partial charge < -0.3 is 9.84 Å². The highest BCUT2D eigenvalue weighted by Gasteiger charge is 2.08. The molecule has 0 amide bonds. The van der Waals surface area contributed by atoms with Crippen LogP contribution in [0.2, 0.25) is 0 Å². The van der Waals surface area contributed by atoms with Gasteiger partial charge in [0, 0.05) is 10.6 Å². The van der Waals surface area contributed by atoms with Crippen LogP contribution in [-0.2, 0) is 0 Å². The maximum absolute atomic E-state index is 12.8. The van der Waals surface area contributed by atoms with Gasteiger partial charge in [-0.1, -0.05) is 0 Å². The molecule has 2 aromatic rings. The molecule has 2 aromatic carbocycles. The summed E-state index contributed by atoms with van der Waals surface area (Å²) in [6.07, 6.45) is 0. The SMILES string of the molecule is O=C(O)c1ccc(I)c(OCCSc2ccc(F)cc2)c1. The second-order valence-electron chi connectivity index (χ2n) is 4.10. The molecule has 0 saturated heterocycles. The van der Waals surface area contributed by atoms with Crippen LogP contribution >= 0.6 is 34.4 Å². The van der Waals surface area contributed by atoms with Crippen molar-refractivity contribution >= 4 is 40.3 Å². The van der Waals surface area contributed by atoms with Crippen molar-refractivity contribution < 1.29 is 19.0 Å². The first kappa shape index (κ1) is 16.1. The summed E-state index contributed by atoms with van der Waals surface area (Å²) in [7, 11) is 0. The molecule has 110 valence electrons. The predicted octanol–water partition coefficient (Wildman–Crippen LogP) is 4.30. The molecule has 0 heterocycles. The third kappa shape index (κ3) is 4.89. The summed E-state index contributed by atoms with van der Waals surface area (Å²) >= 11 is 3.66. The number of hydrogen-bond donors (Lipinski definition) is 1. The molecule has 1 N–H and O–H groups in total. The Bertz CT molecular complexity index is 631. The lowest BCUT2D eigenvalue weighted by Crippen LogP contribution is -2.03. The number of carboxylic acids is 1. The number of aromatic carboxylic acids is 1. The molecule has 0 aliphatic rings. The van der Waals surface area contributed by atoms with Crippen LogP contribution < -0.4 is 4.74 Å². The van der Waals surface area contributed by atoms with Crippen molar-refractivity contribution in [1.29, 1.82) is 0 Å². The molecule has 0 radical (unpaired) electrons. The molecule has 6 heteroatoms. The van der Waals surface area contributed by atoms with Gasteiger partial charge in [-0.25, -0.2) is 9.18 Å². The number of carbonyl (C=O) groups is 1. The Kier molecular flexibility index (Phi) is 5.86. The quantitative estimate of drug-likeness (QED) is 0.432. The van der Waals surface area contributed by atoms with E-state index in [9.17, 15) is 9.18 Å². The predicted molar refractivity (Wildman–Crippen MR) is 88.7 cm³/mol. The maximum Gasteiger partial charge on any atom is 0.335 e. The molecule has 0 atom stereocenters. The first-order chi connectivity index (χ1) is 10.1. The Morgan fingerprint density at radius 3 is 2.62 bits per heavy atom. The van der Waals surface area contributed by atoms with Crippen molar-refractivity contribution in [3.8, 4) is 5.75 Å². The Labute approximate surface area is 139 Å². The molecular weight excluding hydrogens is 406 g/mol. The Hall–Kier alpha value is -1.28. The monoisotopic (exact) mass is 418 g/mol. The van der Waals surface area contributed by atoms with Gasteiger partial charge in [0.2, 0.25) is 0 Å². The van der Waals surface area contributed by atoms with Crippen LogP contribution in [0.1, 0.15) is 10.4 Å². The standard InChI is InChI=1S/C15H12FIO3S/c16-11-2-4-12(5-3-11)21-8-7-20-14-9-10(15(18)19)1-6-13(14)17/h1-6,9H,7-8H2,(H,18,19). The summed E-state index contributed by atoms with van der Waals surface area (Å²) in [4.78, 5) is 11.9. The number of thioether (sulfide) groups is 1. The summed E-state index contributed by atoms with van der Waals surface area (Å²) < 4.78 is 19.2. The second kappa shape index (κ2) is 7.65. The number of halogens is 2. The van der Waals surface area contributed by atoms with Crippen LogP contribution in [0.3, 0.4) is 0 Å². The van der Waals surface area contributed by atoms with E-state index in [2.05, 4.69) is 22.6 Å². The van der Waals surface area contributed by atoms with Crippen molar-refractivity contribution in [2.45, 2.75) is 4.90 Å². The minimum Gasteiger partial charge on any atom is -0.492 e. The summed E-state index contributed by atoms with van der Waals surface area (Å²) in [6, 6.07) is 11.1. The molecule has 0 aliphatic heterocycles. The smallest absolute Gasteiger partial charge is 0.335 e. The van der Waals surface area contributed by atoms with E-state index in [4.69, 9.17) is 9.84 Å². The minimum absolute atomic E-state index is 0.205. The highest BCUT2D eigenvalue weighted by atomic mass is 127. The van der Waals surface area contributed by atoms with E-state index in [1.807, 2.05) is 0 Å². The van der Waals surface area contributed by atoms with Crippen LogP contribution in [0.25, 0.3) is 0 Å². The normalized spacial score (nSPS) is 10.4. The molecule has 0 spiro atoms. The van der Waals surface area contributed by atoms with E-state index in [0.717, 1.165) is 8.47 Å². The lowest BCUT2D eigenvalue weighted by molar-refractivity contribution is 0.0696. The van der Waals surface area contributed by atoms with Crippen molar-refractivity contribution in [2.75, 3.05) is 12.4 Å². The topological polar surface area (TPSA) is 46.5 Å². The lowest BCUT2D eigenvalue weighted by Gasteiger charge is -2.09. The average Bonchev–Trinajstić information content (AvgIpc) is 2.47. The van der Waals surface area contributed by atoms with E-state index in [0.29, 0.717) is 18.1 Å². The van der Waals surface area contributed by atoms with Crippen molar-refractivity contribution in [3.05, 3.63) is 57.4 Å². The number of hydrogen-bond acceptors (Lipinski definition) is 3. The molecule has 2 rings (SSSR count). The molecule has 0 fully saturated rings. The van der Waals surface area contributed by atoms with Crippen LogP contribution in [0.5, 0.6) is 5.75 Å². The van der Waals surface area contributed by atoms with E-state index in [1.54, 1.807) is 36.0 Å². The molecule has 0 saturated carbocycles. The fraction of sp³-hybridized carbons (Fsp3) is 0.133. The average molecular weight is 418 g/mol. The Balaban J connectivity index is 1.87. The van der Waals surface area contributed by atoms with Gasteiger partial charge in [-0.05, 0) is 65.1 Å². The van der Waals surface area contributed by atoms with Crippen molar-refractivity contribution in [2.24, 2.45) is 0 Å². The zero-order valence-corrected chi connectivity index (χ0v) is 13.9. The van der Waals surface area contributed by atoms with E-state index in [1.165, 1.54) is 18.2 Å². The van der Waals surface area contributed by atoms with Gasteiger partial charge in [0.1, 0.15) is 11.6 Å².